The summed E-state index contributed by atoms with van der Waals surface area (Å²) in [6.45, 7) is 5.21. The summed E-state index contributed by atoms with van der Waals surface area (Å²) in [5.41, 5.74) is 3.69. The van der Waals surface area contributed by atoms with Gasteiger partial charge in [0, 0.05) is 17.7 Å². The van der Waals surface area contributed by atoms with Crippen LogP contribution in [0.3, 0.4) is 0 Å². The van der Waals surface area contributed by atoms with Crippen LogP contribution in [0.2, 0.25) is 0 Å². The summed E-state index contributed by atoms with van der Waals surface area (Å²) < 4.78 is 46.2. The van der Waals surface area contributed by atoms with Crippen LogP contribution in [0.15, 0.2) is 89.4 Å². The van der Waals surface area contributed by atoms with Crippen molar-refractivity contribution < 1.29 is 32.5 Å². The fourth-order valence-corrected chi connectivity index (χ4v) is 6.47. The van der Waals surface area contributed by atoms with Crippen LogP contribution in [0.5, 0.6) is 11.5 Å². The first-order chi connectivity index (χ1) is 19.3. The number of nitrogens with zero attached hydrogens (tertiary/aromatic N) is 1. The molecule has 0 fully saturated rings. The molecule has 0 aromatic heterocycles. The second-order valence-electron chi connectivity index (χ2n) is 9.25. The summed E-state index contributed by atoms with van der Waals surface area (Å²) in [5.74, 6) is 5.79. The standard InChI is InChI=1S/C31H27NO7S/c1-20-11-13-24(14-12-20)40(35,36)32-18-23(10-7-15-33)29(22-8-5-4-6-9-22)25-16-27-28(39-19-38-27)17-26(25)30(32)21(2)31(34)37-3/h4-6,8-9,11-14,16-17,30,33H,2,15,18-19H2,1,3H3/t30-/m0/s1. The number of methoxy groups -OCH3 is 1. The Hall–Kier alpha value is -4.36. The van der Waals surface area contributed by atoms with Gasteiger partial charge in [-0.1, -0.05) is 66.4 Å². The molecular weight excluding hydrogens is 530 g/mol. The molecule has 5 rings (SSSR count). The first-order valence-electron chi connectivity index (χ1n) is 12.4. The lowest BCUT2D eigenvalue weighted by Gasteiger charge is -2.31. The number of aliphatic hydroxyl groups is 1. The number of rotatable bonds is 5. The van der Waals surface area contributed by atoms with Crippen molar-refractivity contribution in [3.63, 3.8) is 0 Å². The molecule has 1 N–H and O–H groups in total. The lowest BCUT2D eigenvalue weighted by molar-refractivity contribution is -0.136. The van der Waals surface area contributed by atoms with Gasteiger partial charge in [0.05, 0.1) is 23.6 Å². The predicted molar refractivity (Wildman–Crippen MR) is 149 cm³/mol. The van der Waals surface area contributed by atoms with E-state index in [9.17, 15) is 18.3 Å². The van der Waals surface area contributed by atoms with Crippen LogP contribution in [0.25, 0.3) is 5.57 Å². The number of esters is 1. The Balaban J connectivity index is 1.88. The first kappa shape index (κ1) is 27.2. The average Bonchev–Trinajstić information content (AvgIpc) is 3.37. The van der Waals surface area contributed by atoms with Crippen molar-refractivity contribution in [1.82, 2.24) is 4.31 Å². The zero-order chi connectivity index (χ0) is 28.4. The highest BCUT2D eigenvalue weighted by Crippen LogP contribution is 2.48. The van der Waals surface area contributed by atoms with Crippen LogP contribution < -0.4 is 9.47 Å². The van der Waals surface area contributed by atoms with Gasteiger partial charge in [-0.05, 0) is 47.9 Å². The highest BCUT2D eigenvalue weighted by molar-refractivity contribution is 7.89. The number of carbonyl (C=O) groups excluding carboxylic acids is 1. The van der Waals surface area contributed by atoms with Crippen molar-refractivity contribution >= 4 is 21.6 Å². The SMILES string of the molecule is C=C(C(=O)OC)[C@H]1c2cc3c(cc2C(c2ccccc2)=C(C#CCO)CN1S(=O)(=O)c1ccc(C)cc1)OCO3. The number of hydrogen-bond acceptors (Lipinski definition) is 7. The number of aryl methyl sites for hydroxylation is 1. The Kier molecular flexibility index (Phi) is 7.50. The third-order valence-electron chi connectivity index (χ3n) is 6.80. The quantitative estimate of drug-likeness (QED) is 0.288. The molecule has 8 nitrogen and oxygen atoms in total. The number of sulfonamides is 1. The van der Waals surface area contributed by atoms with E-state index in [1.807, 2.05) is 37.3 Å². The molecule has 0 saturated heterocycles. The lowest BCUT2D eigenvalue weighted by atomic mass is 9.87. The van der Waals surface area contributed by atoms with E-state index < -0.39 is 28.6 Å². The molecule has 0 saturated carbocycles. The smallest absolute Gasteiger partial charge is 0.335 e. The van der Waals surface area contributed by atoms with Gasteiger partial charge in [-0.25, -0.2) is 13.2 Å². The number of aliphatic hydroxyl groups excluding tert-OH is 1. The third kappa shape index (κ3) is 4.89. The maximum absolute atomic E-state index is 14.3. The maximum atomic E-state index is 14.3. The Morgan fingerprint density at radius 1 is 1.10 bits per heavy atom. The Bertz CT molecular complexity index is 1680. The number of carbonyl (C=O) groups is 1. The summed E-state index contributed by atoms with van der Waals surface area (Å²) in [6, 6.07) is 18.1. The van der Waals surface area contributed by atoms with Crippen LogP contribution in [0, 0.1) is 18.8 Å². The lowest BCUT2D eigenvalue weighted by Crippen LogP contribution is -2.38. The van der Waals surface area contributed by atoms with E-state index in [4.69, 9.17) is 14.2 Å². The topological polar surface area (TPSA) is 102 Å². The van der Waals surface area contributed by atoms with E-state index in [1.165, 1.54) is 23.5 Å². The summed E-state index contributed by atoms with van der Waals surface area (Å²) in [5, 5.41) is 9.58. The molecule has 0 spiro atoms. The second-order valence-corrected chi connectivity index (χ2v) is 11.1. The third-order valence-corrected chi connectivity index (χ3v) is 8.62. The molecule has 2 aliphatic rings. The Labute approximate surface area is 233 Å². The van der Waals surface area contributed by atoms with Gasteiger partial charge in [0.2, 0.25) is 16.8 Å². The number of benzene rings is 3. The zero-order valence-corrected chi connectivity index (χ0v) is 22.8. The molecule has 1 atom stereocenters. The number of fused-ring (bicyclic) bond motifs is 2. The molecule has 2 aliphatic heterocycles. The monoisotopic (exact) mass is 557 g/mol. The minimum absolute atomic E-state index is 0.00617. The highest BCUT2D eigenvalue weighted by atomic mass is 32.2. The van der Waals surface area contributed by atoms with Gasteiger partial charge in [0.15, 0.2) is 11.5 Å². The van der Waals surface area contributed by atoms with E-state index in [2.05, 4.69) is 18.4 Å². The molecule has 3 aromatic carbocycles. The van der Waals surface area contributed by atoms with E-state index in [-0.39, 0.29) is 23.8 Å². The van der Waals surface area contributed by atoms with Crippen molar-refractivity contribution in [3.8, 4) is 23.3 Å². The molecule has 9 heteroatoms. The van der Waals surface area contributed by atoms with Crippen LogP contribution >= 0.6 is 0 Å². The molecule has 0 amide bonds. The molecule has 0 bridgehead atoms. The van der Waals surface area contributed by atoms with Gasteiger partial charge < -0.3 is 19.3 Å². The molecule has 204 valence electrons. The minimum atomic E-state index is -4.23. The molecule has 0 radical (unpaired) electrons. The Morgan fingerprint density at radius 2 is 1.77 bits per heavy atom. The second kappa shape index (κ2) is 11.0. The summed E-state index contributed by atoms with van der Waals surface area (Å²) in [7, 11) is -3.01. The van der Waals surface area contributed by atoms with E-state index in [0.29, 0.717) is 33.8 Å². The Morgan fingerprint density at radius 3 is 2.42 bits per heavy atom. The van der Waals surface area contributed by atoms with Crippen LogP contribution in [-0.2, 0) is 19.6 Å². The van der Waals surface area contributed by atoms with Crippen molar-refractivity contribution in [2.75, 3.05) is 27.1 Å². The van der Waals surface area contributed by atoms with Gasteiger partial charge in [-0.3, -0.25) is 0 Å². The maximum Gasteiger partial charge on any atom is 0.335 e. The molecule has 0 unspecified atom stereocenters. The molecule has 2 heterocycles. The highest BCUT2D eigenvalue weighted by Gasteiger charge is 2.42. The normalized spacial score (nSPS) is 16.4. The van der Waals surface area contributed by atoms with E-state index in [1.54, 1.807) is 24.3 Å². The first-order valence-corrected chi connectivity index (χ1v) is 13.9. The summed E-state index contributed by atoms with van der Waals surface area (Å²) in [6.07, 6.45) is 0. The number of hydrogen-bond donors (Lipinski definition) is 1. The van der Waals surface area contributed by atoms with Crippen LogP contribution in [0.4, 0.5) is 0 Å². The molecule has 40 heavy (non-hydrogen) atoms. The fraction of sp³-hybridized carbons (Fsp3) is 0.194. The van der Waals surface area contributed by atoms with Crippen molar-refractivity contribution in [2.45, 2.75) is 17.9 Å². The van der Waals surface area contributed by atoms with Crippen molar-refractivity contribution in [3.05, 3.63) is 107 Å². The fourth-order valence-electron chi connectivity index (χ4n) is 4.90. The van der Waals surface area contributed by atoms with E-state index in [0.717, 1.165) is 11.1 Å². The van der Waals surface area contributed by atoms with Gasteiger partial charge in [0.1, 0.15) is 6.61 Å². The zero-order valence-electron chi connectivity index (χ0n) is 22.0. The van der Waals surface area contributed by atoms with Gasteiger partial charge in [-0.2, -0.15) is 4.31 Å². The van der Waals surface area contributed by atoms with Crippen LogP contribution in [-0.4, -0.2) is 50.9 Å². The predicted octanol–water partition coefficient (Wildman–Crippen LogP) is 4.00. The van der Waals surface area contributed by atoms with Gasteiger partial charge in [0.25, 0.3) is 0 Å². The number of ether oxygens (including phenoxy) is 3. The molecular formula is C31H27NO7S. The average molecular weight is 558 g/mol. The van der Waals surface area contributed by atoms with Gasteiger partial charge >= 0.3 is 5.97 Å². The summed E-state index contributed by atoms with van der Waals surface area (Å²) in [4.78, 5) is 13.0. The largest absolute Gasteiger partial charge is 0.466 e. The minimum Gasteiger partial charge on any atom is -0.466 e. The van der Waals surface area contributed by atoms with E-state index >= 15 is 0 Å². The van der Waals surface area contributed by atoms with Crippen molar-refractivity contribution in [1.29, 1.82) is 0 Å². The molecule has 0 aliphatic carbocycles. The van der Waals surface area contributed by atoms with Gasteiger partial charge in [-0.15, -0.1) is 0 Å². The van der Waals surface area contributed by atoms with Crippen LogP contribution in [0.1, 0.15) is 28.3 Å². The van der Waals surface area contributed by atoms with Crippen molar-refractivity contribution in [2.24, 2.45) is 0 Å². The summed E-state index contributed by atoms with van der Waals surface area (Å²) >= 11 is 0. The molecule has 3 aromatic rings.